The summed E-state index contributed by atoms with van der Waals surface area (Å²) < 4.78 is 0. The molecule has 0 amide bonds. The van der Waals surface area contributed by atoms with E-state index >= 15 is 0 Å². The average molecular weight is 185 g/mol. The molecular formula is C11H23NO. The summed E-state index contributed by atoms with van der Waals surface area (Å²) in [7, 11) is 0. The molecule has 1 aliphatic carbocycles. The third kappa shape index (κ3) is 5.81. The Bertz CT molecular complexity index is 137. The van der Waals surface area contributed by atoms with E-state index in [1.807, 2.05) is 0 Å². The van der Waals surface area contributed by atoms with Crippen LogP contribution in [0.1, 0.15) is 52.9 Å². The van der Waals surface area contributed by atoms with Crippen molar-refractivity contribution >= 4 is 5.78 Å². The SMILES string of the molecule is CC(=O)C1CCC(N)CC1.CCC. The normalized spacial score (nSPS) is 27.4. The van der Waals surface area contributed by atoms with Gasteiger partial charge in [-0.3, -0.25) is 4.79 Å². The molecule has 0 aromatic carbocycles. The molecule has 1 fully saturated rings. The van der Waals surface area contributed by atoms with E-state index in [9.17, 15) is 4.79 Å². The number of Topliss-reactive ketones (excluding diaryl/α,β-unsaturated/α-hetero) is 1. The molecule has 78 valence electrons. The first kappa shape index (κ1) is 12.6. The Morgan fingerprint density at radius 2 is 1.62 bits per heavy atom. The highest BCUT2D eigenvalue weighted by atomic mass is 16.1. The molecule has 0 spiro atoms. The summed E-state index contributed by atoms with van der Waals surface area (Å²) in [5, 5.41) is 0. The quantitative estimate of drug-likeness (QED) is 0.682. The zero-order valence-corrected chi connectivity index (χ0v) is 9.18. The van der Waals surface area contributed by atoms with Crippen molar-refractivity contribution in [3.63, 3.8) is 0 Å². The largest absolute Gasteiger partial charge is 0.328 e. The maximum absolute atomic E-state index is 10.9. The summed E-state index contributed by atoms with van der Waals surface area (Å²) in [4.78, 5) is 10.9. The van der Waals surface area contributed by atoms with Crippen molar-refractivity contribution in [2.75, 3.05) is 0 Å². The summed E-state index contributed by atoms with van der Waals surface area (Å²) in [5.74, 6) is 0.659. The molecule has 0 saturated heterocycles. The Labute approximate surface area is 81.9 Å². The van der Waals surface area contributed by atoms with E-state index in [1.165, 1.54) is 6.42 Å². The summed E-state index contributed by atoms with van der Waals surface area (Å²) >= 11 is 0. The molecule has 1 aliphatic rings. The van der Waals surface area contributed by atoms with E-state index in [-0.39, 0.29) is 0 Å². The molecule has 2 nitrogen and oxygen atoms in total. The molecule has 0 bridgehead atoms. The van der Waals surface area contributed by atoms with Gasteiger partial charge in [0.2, 0.25) is 0 Å². The fourth-order valence-electron chi connectivity index (χ4n) is 1.53. The van der Waals surface area contributed by atoms with Gasteiger partial charge < -0.3 is 5.73 Å². The molecule has 0 aromatic rings. The van der Waals surface area contributed by atoms with Gasteiger partial charge in [-0.15, -0.1) is 0 Å². The number of carbonyl (C=O) groups excluding carboxylic acids is 1. The molecule has 1 rings (SSSR count). The predicted octanol–water partition coefficient (Wildman–Crippen LogP) is 2.51. The Morgan fingerprint density at radius 1 is 1.23 bits per heavy atom. The summed E-state index contributed by atoms with van der Waals surface area (Å²) in [6, 6.07) is 0.357. The predicted molar refractivity (Wildman–Crippen MR) is 56.6 cm³/mol. The molecule has 0 aromatic heterocycles. The number of hydrogen-bond donors (Lipinski definition) is 1. The Kier molecular flexibility index (Phi) is 6.87. The molecule has 2 N–H and O–H groups in total. The van der Waals surface area contributed by atoms with Gasteiger partial charge in [-0.05, 0) is 32.6 Å². The van der Waals surface area contributed by atoms with Crippen molar-refractivity contribution in [2.45, 2.75) is 58.9 Å². The van der Waals surface area contributed by atoms with E-state index in [1.54, 1.807) is 6.92 Å². The summed E-state index contributed by atoms with van der Waals surface area (Å²) in [6.07, 6.45) is 5.33. The van der Waals surface area contributed by atoms with Crippen LogP contribution in [-0.4, -0.2) is 11.8 Å². The minimum Gasteiger partial charge on any atom is -0.328 e. The maximum atomic E-state index is 10.9. The van der Waals surface area contributed by atoms with Gasteiger partial charge in [0, 0.05) is 12.0 Å². The van der Waals surface area contributed by atoms with Crippen LogP contribution in [0.5, 0.6) is 0 Å². The van der Waals surface area contributed by atoms with Crippen LogP contribution in [0.4, 0.5) is 0 Å². The van der Waals surface area contributed by atoms with E-state index in [4.69, 9.17) is 5.73 Å². The highest BCUT2D eigenvalue weighted by Gasteiger charge is 2.21. The minimum atomic E-state index is 0.319. The van der Waals surface area contributed by atoms with Crippen molar-refractivity contribution < 1.29 is 4.79 Å². The van der Waals surface area contributed by atoms with E-state index in [0.717, 1.165) is 25.7 Å². The van der Waals surface area contributed by atoms with Crippen LogP contribution in [-0.2, 0) is 4.79 Å². The number of carbonyl (C=O) groups is 1. The van der Waals surface area contributed by atoms with Crippen molar-refractivity contribution in [1.82, 2.24) is 0 Å². The number of ketones is 1. The molecule has 0 aliphatic heterocycles. The van der Waals surface area contributed by atoms with Crippen LogP contribution in [0.2, 0.25) is 0 Å². The fraction of sp³-hybridized carbons (Fsp3) is 0.909. The maximum Gasteiger partial charge on any atom is 0.132 e. The van der Waals surface area contributed by atoms with Crippen molar-refractivity contribution in [3.05, 3.63) is 0 Å². The number of hydrogen-bond acceptors (Lipinski definition) is 2. The Morgan fingerprint density at radius 3 is 1.92 bits per heavy atom. The van der Waals surface area contributed by atoms with Crippen molar-refractivity contribution in [3.8, 4) is 0 Å². The van der Waals surface area contributed by atoms with Gasteiger partial charge in [0.15, 0.2) is 0 Å². The van der Waals surface area contributed by atoms with Gasteiger partial charge in [-0.25, -0.2) is 0 Å². The third-order valence-corrected chi connectivity index (χ3v) is 2.35. The molecule has 0 heterocycles. The lowest BCUT2D eigenvalue weighted by molar-refractivity contribution is -0.121. The van der Waals surface area contributed by atoms with Crippen LogP contribution < -0.4 is 5.73 Å². The first-order chi connectivity index (χ1) is 6.11. The molecule has 13 heavy (non-hydrogen) atoms. The second-order valence-corrected chi connectivity index (χ2v) is 3.93. The van der Waals surface area contributed by atoms with Gasteiger partial charge in [0.1, 0.15) is 5.78 Å². The van der Waals surface area contributed by atoms with Gasteiger partial charge in [-0.2, -0.15) is 0 Å². The lowest BCUT2D eigenvalue weighted by Crippen LogP contribution is -2.28. The van der Waals surface area contributed by atoms with E-state index in [0.29, 0.717) is 17.7 Å². The second-order valence-electron chi connectivity index (χ2n) is 3.93. The second kappa shape index (κ2) is 7.07. The van der Waals surface area contributed by atoms with Gasteiger partial charge in [-0.1, -0.05) is 20.3 Å². The van der Waals surface area contributed by atoms with Crippen LogP contribution >= 0.6 is 0 Å². The first-order valence-electron chi connectivity index (χ1n) is 5.37. The molecule has 0 atom stereocenters. The van der Waals surface area contributed by atoms with Crippen molar-refractivity contribution in [1.29, 1.82) is 0 Å². The fourth-order valence-corrected chi connectivity index (χ4v) is 1.53. The van der Waals surface area contributed by atoms with E-state index in [2.05, 4.69) is 13.8 Å². The Hall–Kier alpha value is -0.370. The van der Waals surface area contributed by atoms with Gasteiger partial charge >= 0.3 is 0 Å². The van der Waals surface area contributed by atoms with Crippen LogP contribution in [0, 0.1) is 5.92 Å². The lowest BCUT2D eigenvalue weighted by Gasteiger charge is -2.23. The molecular weight excluding hydrogens is 162 g/mol. The smallest absolute Gasteiger partial charge is 0.132 e. The van der Waals surface area contributed by atoms with Crippen LogP contribution in [0.15, 0.2) is 0 Å². The van der Waals surface area contributed by atoms with Crippen LogP contribution in [0.25, 0.3) is 0 Å². The standard InChI is InChI=1S/C8H15NO.C3H8/c1-6(10)7-2-4-8(9)5-3-7;1-3-2/h7-8H,2-5,9H2,1H3;3H2,1-2H3. The minimum absolute atomic E-state index is 0.319. The topological polar surface area (TPSA) is 43.1 Å². The molecule has 0 unspecified atom stereocenters. The number of nitrogens with two attached hydrogens (primary N) is 1. The monoisotopic (exact) mass is 185 g/mol. The van der Waals surface area contributed by atoms with Gasteiger partial charge in [0.05, 0.1) is 0 Å². The molecule has 2 heteroatoms. The Balaban J connectivity index is 0.000000424. The zero-order chi connectivity index (χ0) is 10.3. The van der Waals surface area contributed by atoms with E-state index < -0.39 is 0 Å². The molecule has 0 radical (unpaired) electrons. The summed E-state index contributed by atoms with van der Waals surface area (Å²) in [5.41, 5.74) is 5.69. The van der Waals surface area contributed by atoms with Gasteiger partial charge in [0.25, 0.3) is 0 Å². The average Bonchev–Trinajstić information content (AvgIpc) is 2.06. The third-order valence-electron chi connectivity index (χ3n) is 2.35. The zero-order valence-electron chi connectivity index (χ0n) is 9.18. The highest BCUT2D eigenvalue weighted by Crippen LogP contribution is 2.23. The summed E-state index contributed by atoms with van der Waals surface area (Å²) in [6.45, 7) is 5.93. The molecule has 1 saturated carbocycles. The lowest BCUT2D eigenvalue weighted by atomic mass is 9.84. The van der Waals surface area contributed by atoms with Crippen LogP contribution in [0.3, 0.4) is 0 Å². The highest BCUT2D eigenvalue weighted by molar-refractivity contribution is 5.78. The number of rotatable bonds is 1. The first-order valence-corrected chi connectivity index (χ1v) is 5.37. The van der Waals surface area contributed by atoms with Crippen molar-refractivity contribution in [2.24, 2.45) is 11.7 Å².